The third kappa shape index (κ3) is 7.82. The molecule has 0 spiro atoms. The molecular weight excluding hydrogens is 520 g/mol. The van der Waals surface area contributed by atoms with Crippen LogP contribution < -0.4 is 20.1 Å². The molecule has 1 atom stereocenters. The largest absolute Gasteiger partial charge is 0.493 e. The van der Waals surface area contributed by atoms with E-state index in [2.05, 4.69) is 15.8 Å². The van der Waals surface area contributed by atoms with Gasteiger partial charge in [-0.15, -0.1) is 11.3 Å². The molecule has 210 valence electrons. The molecule has 11 heteroatoms. The van der Waals surface area contributed by atoms with Gasteiger partial charge in [-0.2, -0.15) is 0 Å². The van der Waals surface area contributed by atoms with Gasteiger partial charge in [0.15, 0.2) is 17.3 Å². The second-order valence-electron chi connectivity index (χ2n) is 9.68. The van der Waals surface area contributed by atoms with Crippen LogP contribution in [0.15, 0.2) is 46.3 Å². The lowest BCUT2D eigenvalue weighted by atomic mass is 9.97. The molecule has 0 bridgehead atoms. The topological polar surface area (TPSA) is 123 Å². The van der Waals surface area contributed by atoms with E-state index in [9.17, 15) is 14.4 Å². The van der Waals surface area contributed by atoms with Crippen molar-refractivity contribution < 1.29 is 28.4 Å². The lowest BCUT2D eigenvalue weighted by molar-refractivity contribution is -0.142. The van der Waals surface area contributed by atoms with E-state index in [1.165, 1.54) is 30.5 Å². The first-order valence-corrected chi connectivity index (χ1v) is 13.5. The number of carbonyl (C=O) groups excluding carboxylic acids is 3. The van der Waals surface area contributed by atoms with Crippen molar-refractivity contribution >= 4 is 34.9 Å². The van der Waals surface area contributed by atoms with Crippen LogP contribution in [0.2, 0.25) is 0 Å². The SMILES string of the molecule is CCC(C)(C)NC(=O)C(c1cccc(OC)c1OC)N(Cc1cccs1)C(=O)CCC(=O)Nc1cc(C)on1. The standard InChI is InChI=1S/C28H36N4O6S/c1-7-28(3,4)30-27(35)25(20-11-8-12-21(36-5)26(20)37-6)32(17-19-10-9-15-39-19)24(34)14-13-23(33)29-22-16-18(2)38-31-22/h8-12,15-16,25H,7,13-14,17H2,1-6H3,(H,30,35)(H,29,31,33). The highest BCUT2D eigenvalue weighted by Gasteiger charge is 2.36. The fourth-order valence-electron chi connectivity index (χ4n) is 3.96. The lowest BCUT2D eigenvalue weighted by Crippen LogP contribution is -2.50. The second-order valence-corrected chi connectivity index (χ2v) is 10.7. The van der Waals surface area contributed by atoms with Gasteiger partial charge in [0.2, 0.25) is 17.7 Å². The van der Waals surface area contributed by atoms with Crippen molar-refractivity contribution in [3.63, 3.8) is 0 Å². The van der Waals surface area contributed by atoms with E-state index in [0.717, 1.165) is 4.88 Å². The molecule has 0 fully saturated rings. The predicted molar refractivity (Wildman–Crippen MR) is 149 cm³/mol. The van der Waals surface area contributed by atoms with Gasteiger partial charge in [0.25, 0.3) is 0 Å². The highest BCUT2D eigenvalue weighted by Crippen LogP contribution is 2.38. The van der Waals surface area contributed by atoms with Crippen LogP contribution in [0, 0.1) is 6.92 Å². The summed E-state index contributed by atoms with van der Waals surface area (Å²) >= 11 is 1.48. The van der Waals surface area contributed by atoms with Crippen LogP contribution in [0.25, 0.3) is 0 Å². The van der Waals surface area contributed by atoms with Gasteiger partial charge >= 0.3 is 0 Å². The molecule has 2 heterocycles. The maximum atomic E-state index is 13.9. The maximum absolute atomic E-state index is 13.9. The third-order valence-electron chi connectivity index (χ3n) is 6.32. The Hall–Kier alpha value is -3.86. The number of anilines is 1. The van der Waals surface area contributed by atoms with Crippen LogP contribution in [0.4, 0.5) is 5.82 Å². The number of carbonyl (C=O) groups is 3. The number of amides is 3. The molecule has 10 nitrogen and oxygen atoms in total. The quantitative estimate of drug-likeness (QED) is 0.308. The van der Waals surface area contributed by atoms with Crippen LogP contribution in [0.5, 0.6) is 11.5 Å². The van der Waals surface area contributed by atoms with Crippen molar-refractivity contribution in [2.24, 2.45) is 0 Å². The van der Waals surface area contributed by atoms with Gasteiger partial charge in [-0.3, -0.25) is 14.4 Å². The number of aryl methyl sites for hydroxylation is 1. The third-order valence-corrected chi connectivity index (χ3v) is 7.18. The first-order chi connectivity index (χ1) is 18.6. The number of nitrogens with one attached hydrogen (secondary N) is 2. The Balaban J connectivity index is 1.98. The Morgan fingerprint density at radius 2 is 1.90 bits per heavy atom. The Bertz CT molecular complexity index is 1270. The van der Waals surface area contributed by atoms with Gasteiger partial charge in [0.1, 0.15) is 11.8 Å². The van der Waals surface area contributed by atoms with Crippen molar-refractivity contribution in [2.45, 2.75) is 65.1 Å². The minimum Gasteiger partial charge on any atom is -0.493 e. The zero-order valence-electron chi connectivity index (χ0n) is 23.2. The summed E-state index contributed by atoms with van der Waals surface area (Å²) in [6.07, 6.45) is 0.457. The van der Waals surface area contributed by atoms with Crippen molar-refractivity contribution in [3.05, 3.63) is 58.0 Å². The van der Waals surface area contributed by atoms with Crippen LogP contribution in [0.3, 0.4) is 0 Å². The average molecular weight is 557 g/mol. The number of nitrogens with zero attached hydrogens (tertiary/aromatic N) is 2. The van der Waals surface area contributed by atoms with Crippen LogP contribution in [-0.2, 0) is 20.9 Å². The molecule has 39 heavy (non-hydrogen) atoms. The fourth-order valence-corrected chi connectivity index (χ4v) is 4.66. The monoisotopic (exact) mass is 556 g/mol. The number of para-hydroxylation sites is 1. The summed E-state index contributed by atoms with van der Waals surface area (Å²) < 4.78 is 16.1. The van der Waals surface area contributed by atoms with E-state index < -0.39 is 11.6 Å². The molecule has 0 saturated carbocycles. The Morgan fingerprint density at radius 1 is 1.13 bits per heavy atom. The maximum Gasteiger partial charge on any atom is 0.248 e. The van der Waals surface area contributed by atoms with Crippen molar-refractivity contribution in [3.8, 4) is 11.5 Å². The molecule has 0 aliphatic carbocycles. The van der Waals surface area contributed by atoms with Crippen molar-refractivity contribution in [1.82, 2.24) is 15.4 Å². The van der Waals surface area contributed by atoms with E-state index in [4.69, 9.17) is 14.0 Å². The Labute approximate surface area is 232 Å². The fraction of sp³-hybridized carbons (Fsp3) is 0.429. The number of methoxy groups -OCH3 is 2. The molecule has 3 amide bonds. The summed E-state index contributed by atoms with van der Waals surface area (Å²) in [5.74, 6) is 0.515. The van der Waals surface area contributed by atoms with Crippen LogP contribution in [-0.4, -0.2) is 47.5 Å². The van der Waals surface area contributed by atoms with Gasteiger partial charge in [-0.05, 0) is 44.7 Å². The summed E-state index contributed by atoms with van der Waals surface area (Å²) in [5, 5.41) is 11.4. The van der Waals surface area contributed by atoms with E-state index in [0.29, 0.717) is 29.2 Å². The van der Waals surface area contributed by atoms with Crippen LogP contribution >= 0.6 is 11.3 Å². The summed E-state index contributed by atoms with van der Waals surface area (Å²) in [7, 11) is 3.01. The highest BCUT2D eigenvalue weighted by atomic mass is 32.1. The van der Waals surface area contributed by atoms with Crippen molar-refractivity contribution in [2.75, 3.05) is 19.5 Å². The summed E-state index contributed by atoms with van der Waals surface area (Å²) in [5.41, 5.74) is -0.0389. The van der Waals surface area contributed by atoms with E-state index >= 15 is 0 Å². The first-order valence-electron chi connectivity index (χ1n) is 12.7. The molecule has 1 unspecified atom stereocenters. The minimum absolute atomic E-state index is 0.101. The Kier molecular flexibility index (Phi) is 10.1. The molecule has 0 radical (unpaired) electrons. The summed E-state index contributed by atoms with van der Waals surface area (Å²) in [6, 6.07) is 9.57. The number of benzene rings is 1. The number of thiophene rings is 1. The molecule has 3 rings (SSSR count). The molecule has 0 aliphatic rings. The zero-order chi connectivity index (χ0) is 28.6. The lowest BCUT2D eigenvalue weighted by Gasteiger charge is -2.35. The zero-order valence-corrected chi connectivity index (χ0v) is 24.0. The Morgan fingerprint density at radius 3 is 2.49 bits per heavy atom. The van der Waals surface area contributed by atoms with Gasteiger partial charge in [-0.1, -0.05) is 30.3 Å². The predicted octanol–water partition coefficient (Wildman–Crippen LogP) is 4.86. The van der Waals surface area contributed by atoms with Gasteiger partial charge in [0, 0.05) is 34.9 Å². The molecule has 2 aromatic heterocycles. The number of aromatic nitrogens is 1. The van der Waals surface area contributed by atoms with E-state index in [-0.39, 0.29) is 42.9 Å². The van der Waals surface area contributed by atoms with Gasteiger partial charge in [0.05, 0.1) is 20.8 Å². The number of hydrogen-bond acceptors (Lipinski definition) is 8. The van der Waals surface area contributed by atoms with Gasteiger partial charge < -0.3 is 29.5 Å². The minimum atomic E-state index is -1.04. The molecular formula is C28H36N4O6S. The first kappa shape index (κ1) is 29.7. The molecule has 2 N–H and O–H groups in total. The van der Waals surface area contributed by atoms with E-state index in [1.54, 1.807) is 31.2 Å². The molecule has 1 aromatic carbocycles. The average Bonchev–Trinajstić information content (AvgIpc) is 3.57. The number of hydrogen-bond donors (Lipinski definition) is 2. The summed E-state index contributed by atoms with van der Waals surface area (Å²) in [6.45, 7) is 7.71. The second kappa shape index (κ2) is 13.3. The molecule has 0 saturated heterocycles. The number of ether oxygens (including phenoxy) is 2. The normalized spacial score (nSPS) is 11.9. The molecule has 3 aromatic rings. The summed E-state index contributed by atoms with van der Waals surface area (Å²) in [4.78, 5) is 42.7. The van der Waals surface area contributed by atoms with Crippen LogP contribution in [0.1, 0.15) is 62.3 Å². The highest BCUT2D eigenvalue weighted by molar-refractivity contribution is 7.09. The molecule has 0 aliphatic heterocycles. The van der Waals surface area contributed by atoms with Crippen molar-refractivity contribution in [1.29, 1.82) is 0 Å². The number of rotatable bonds is 13. The van der Waals surface area contributed by atoms with E-state index in [1.807, 2.05) is 38.3 Å². The van der Waals surface area contributed by atoms with Gasteiger partial charge in [-0.25, -0.2) is 0 Å². The smallest absolute Gasteiger partial charge is 0.248 e.